The van der Waals surface area contributed by atoms with Crippen molar-refractivity contribution in [2.45, 2.75) is 59.9 Å². The first-order valence-electron chi connectivity index (χ1n) is 8.83. The van der Waals surface area contributed by atoms with E-state index in [4.69, 9.17) is 5.11 Å². The van der Waals surface area contributed by atoms with Crippen LogP contribution in [-0.4, -0.2) is 44.8 Å². The number of aromatic nitrogens is 2. The van der Waals surface area contributed by atoms with Crippen LogP contribution in [0.1, 0.15) is 50.1 Å². The second kappa shape index (κ2) is 7.81. The standard InChI is InChI=1S/C18H29N3O3/c1-12(2)11-21-14(4)16(13(3)19-21)10-17(22)20-8-5-6-15(7-9-20)18(23)24/h12,15H,5-11H2,1-4H3,(H,23,24). The average Bonchev–Trinajstić information content (AvgIpc) is 2.72. The fourth-order valence-electron chi connectivity index (χ4n) is 3.37. The van der Waals surface area contributed by atoms with E-state index >= 15 is 0 Å². The fraction of sp³-hybridized carbons (Fsp3) is 0.722. The first kappa shape index (κ1) is 18.5. The topological polar surface area (TPSA) is 75.4 Å². The molecule has 0 aromatic carbocycles. The zero-order chi connectivity index (χ0) is 17.9. The van der Waals surface area contributed by atoms with Crippen molar-refractivity contribution in [2.75, 3.05) is 13.1 Å². The Kier molecular flexibility index (Phi) is 6.02. The summed E-state index contributed by atoms with van der Waals surface area (Å²) in [6, 6.07) is 0. The average molecular weight is 335 g/mol. The molecule has 0 radical (unpaired) electrons. The molecule has 1 aliphatic heterocycles. The lowest BCUT2D eigenvalue weighted by atomic mass is 10.0. The zero-order valence-corrected chi connectivity index (χ0v) is 15.2. The van der Waals surface area contributed by atoms with E-state index in [9.17, 15) is 9.59 Å². The summed E-state index contributed by atoms with van der Waals surface area (Å²) in [5.41, 5.74) is 2.99. The van der Waals surface area contributed by atoms with Crippen LogP contribution in [0.15, 0.2) is 0 Å². The Balaban J connectivity index is 2.04. The summed E-state index contributed by atoms with van der Waals surface area (Å²) in [5, 5.41) is 13.7. The molecule has 2 rings (SSSR count). The molecular formula is C18H29N3O3. The van der Waals surface area contributed by atoms with Crippen LogP contribution in [0.4, 0.5) is 0 Å². The van der Waals surface area contributed by atoms with Crippen molar-refractivity contribution >= 4 is 11.9 Å². The summed E-state index contributed by atoms with van der Waals surface area (Å²) in [6.45, 7) is 10.3. The minimum atomic E-state index is -0.744. The van der Waals surface area contributed by atoms with Crippen molar-refractivity contribution in [1.29, 1.82) is 0 Å². The Morgan fingerprint density at radius 1 is 1.25 bits per heavy atom. The molecule has 1 N–H and O–H groups in total. The van der Waals surface area contributed by atoms with Crippen LogP contribution in [0.5, 0.6) is 0 Å². The monoisotopic (exact) mass is 335 g/mol. The number of aliphatic carboxylic acids is 1. The van der Waals surface area contributed by atoms with E-state index in [2.05, 4.69) is 18.9 Å². The smallest absolute Gasteiger partial charge is 0.306 e. The highest BCUT2D eigenvalue weighted by Gasteiger charge is 2.25. The molecule has 1 aliphatic rings. The largest absolute Gasteiger partial charge is 0.481 e. The first-order chi connectivity index (χ1) is 11.3. The predicted molar refractivity (Wildman–Crippen MR) is 91.8 cm³/mol. The number of carbonyl (C=O) groups is 2. The highest BCUT2D eigenvalue weighted by atomic mass is 16.4. The molecule has 0 spiro atoms. The minimum Gasteiger partial charge on any atom is -0.481 e. The van der Waals surface area contributed by atoms with Crippen LogP contribution in [0.2, 0.25) is 0 Å². The Bertz CT molecular complexity index is 607. The van der Waals surface area contributed by atoms with Crippen molar-refractivity contribution in [3.05, 3.63) is 17.0 Å². The molecule has 1 aromatic rings. The van der Waals surface area contributed by atoms with Gasteiger partial charge in [-0.15, -0.1) is 0 Å². The van der Waals surface area contributed by atoms with E-state index in [1.807, 2.05) is 23.4 Å². The highest BCUT2D eigenvalue weighted by Crippen LogP contribution is 2.20. The van der Waals surface area contributed by atoms with Gasteiger partial charge in [0.2, 0.25) is 5.91 Å². The van der Waals surface area contributed by atoms with Crippen LogP contribution < -0.4 is 0 Å². The number of nitrogens with zero attached hydrogens (tertiary/aromatic N) is 3. The number of hydrogen-bond donors (Lipinski definition) is 1. The quantitative estimate of drug-likeness (QED) is 0.896. The van der Waals surface area contributed by atoms with Crippen molar-refractivity contribution < 1.29 is 14.7 Å². The molecule has 0 bridgehead atoms. The molecule has 2 heterocycles. The van der Waals surface area contributed by atoms with Gasteiger partial charge in [-0.1, -0.05) is 13.8 Å². The van der Waals surface area contributed by atoms with Crippen molar-refractivity contribution in [3.63, 3.8) is 0 Å². The second-order valence-corrected chi connectivity index (χ2v) is 7.25. The number of aryl methyl sites for hydroxylation is 1. The lowest BCUT2D eigenvalue weighted by Crippen LogP contribution is -2.33. The molecule has 6 nitrogen and oxygen atoms in total. The maximum Gasteiger partial charge on any atom is 0.306 e. The van der Waals surface area contributed by atoms with Gasteiger partial charge >= 0.3 is 5.97 Å². The van der Waals surface area contributed by atoms with E-state index < -0.39 is 5.97 Å². The van der Waals surface area contributed by atoms with Gasteiger partial charge < -0.3 is 10.0 Å². The number of rotatable bonds is 5. The van der Waals surface area contributed by atoms with Gasteiger partial charge in [0, 0.05) is 30.9 Å². The molecule has 1 atom stereocenters. The summed E-state index contributed by atoms with van der Waals surface area (Å²) in [4.78, 5) is 25.6. The van der Waals surface area contributed by atoms with Crippen LogP contribution in [0.25, 0.3) is 0 Å². The number of carbonyl (C=O) groups excluding carboxylic acids is 1. The Morgan fingerprint density at radius 3 is 2.58 bits per heavy atom. The zero-order valence-electron chi connectivity index (χ0n) is 15.2. The molecule has 0 aliphatic carbocycles. The van der Waals surface area contributed by atoms with Crippen molar-refractivity contribution in [2.24, 2.45) is 11.8 Å². The van der Waals surface area contributed by atoms with Gasteiger partial charge in [0.05, 0.1) is 18.0 Å². The molecule has 134 valence electrons. The fourth-order valence-corrected chi connectivity index (χ4v) is 3.37. The second-order valence-electron chi connectivity index (χ2n) is 7.25. The van der Waals surface area contributed by atoms with Crippen LogP contribution >= 0.6 is 0 Å². The molecule has 1 unspecified atom stereocenters. The molecule has 1 fully saturated rings. The van der Waals surface area contributed by atoms with Crippen LogP contribution in [-0.2, 0) is 22.6 Å². The predicted octanol–water partition coefficient (Wildman–Crippen LogP) is 2.41. The van der Waals surface area contributed by atoms with Crippen molar-refractivity contribution in [1.82, 2.24) is 14.7 Å². The third-order valence-electron chi connectivity index (χ3n) is 4.83. The van der Waals surface area contributed by atoms with Gasteiger partial charge in [-0.05, 0) is 39.0 Å². The minimum absolute atomic E-state index is 0.0799. The summed E-state index contributed by atoms with van der Waals surface area (Å²) in [5.74, 6) is -0.479. The Morgan fingerprint density at radius 2 is 1.96 bits per heavy atom. The lowest BCUT2D eigenvalue weighted by Gasteiger charge is -2.20. The summed E-state index contributed by atoms with van der Waals surface area (Å²) in [7, 11) is 0. The Hall–Kier alpha value is -1.85. The summed E-state index contributed by atoms with van der Waals surface area (Å²) < 4.78 is 1.99. The summed E-state index contributed by atoms with van der Waals surface area (Å²) in [6.07, 6.45) is 2.32. The third kappa shape index (κ3) is 4.36. The molecule has 6 heteroatoms. The van der Waals surface area contributed by atoms with E-state index in [-0.39, 0.29) is 11.8 Å². The first-order valence-corrected chi connectivity index (χ1v) is 8.83. The summed E-state index contributed by atoms with van der Waals surface area (Å²) >= 11 is 0. The van der Waals surface area contributed by atoms with Gasteiger partial charge in [0.25, 0.3) is 0 Å². The van der Waals surface area contributed by atoms with Crippen LogP contribution in [0, 0.1) is 25.7 Å². The number of carboxylic acids is 1. The lowest BCUT2D eigenvalue weighted by molar-refractivity contribution is -0.142. The molecule has 1 amide bonds. The number of amides is 1. The number of likely N-dealkylation sites (tertiary alicyclic amines) is 1. The Labute approximate surface area is 143 Å². The normalized spacial score (nSPS) is 18.7. The van der Waals surface area contributed by atoms with Crippen LogP contribution in [0.3, 0.4) is 0 Å². The van der Waals surface area contributed by atoms with E-state index in [1.165, 1.54) is 0 Å². The molecular weight excluding hydrogens is 306 g/mol. The maximum atomic E-state index is 12.7. The van der Waals surface area contributed by atoms with E-state index in [0.717, 1.165) is 29.9 Å². The van der Waals surface area contributed by atoms with Gasteiger partial charge in [-0.25, -0.2) is 0 Å². The number of hydrogen-bond acceptors (Lipinski definition) is 3. The molecule has 24 heavy (non-hydrogen) atoms. The van der Waals surface area contributed by atoms with E-state index in [1.54, 1.807) is 0 Å². The van der Waals surface area contributed by atoms with Gasteiger partial charge in [0.15, 0.2) is 0 Å². The van der Waals surface area contributed by atoms with Crippen molar-refractivity contribution in [3.8, 4) is 0 Å². The SMILES string of the molecule is Cc1nn(CC(C)C)c(C)c1CC(=O)N1CCCC(C(=O)O)CC1. The van der Waals surface area contributed by atoms with E-state index in [0.29, 0.717) is 38.3 Å². The van der Waals surface area contributed by atoms with Gasteiger partial charge in [0.1, 0.15) is 0 Å². The molecule has 1 saturated heterocycles. The number of carboxylic acid groups (broad SMARTS) is 1. The molecule has 1 aromatic heterocycles. The third-order valence-corrected chi connectivity index (χ3v) is 4.83. The molecule has 0 saturated carbocycles. The van der Waals surface area contributed by atoms with Gasteiger partial charge in [-0.3, -0.25) is 14.3 Å². The highest BCUT2D eigenvalue weighted by molar-refractivity contribution is 5.79. The maximum absolute atomic E-state index is 12.7. The van der Waals surface area contributed by atoms with Gasteiger partial charge in [-0.2, -0.15) is 5.10 Å².